The normalized spacial score (nSPS) is 33.0. The quantitative estimate of drug-likeness (QED) is 0.459. The summed E-state index contributed by atoms with van der Waals surface area (Å²) in [6.07, 6.45) is 11.6. The fourth-order valence-electron chi connectivity index (χ4n) is 4.47. The molecule has 114 valence electrons. The molecule has 1 fully saturated rings. The van der Waals surface area contributed by atoms with Crippen LogP contribution in [-0.4, -0.2) is 0 Å². The van der Waals surface area contributed by atoms with Crippen molar-refractivity contribution in [2.24, 2.45) is 29.1 Å². The van der Waals surface area contributed by atoms with Gasteiger partial charge >= 0.3 is 0 Å². The number of hydrogen-bond donors (Lipinski definition) is 0. The van der Waals surface area contributed by atoms with Gasteiger partial charge in [-0.1, -0.05) is 67.2 Å². The first-order chi connectivity index (χ1) is 8.92. The van der Waals surface area contributed by atoms with Crippen LogP contribution in [0.2, 0.25) is 0 Å². The Balaban J connectivity index is 2.34. The molecule has 1 rings (SSSR count). The van der Waals surface area contributed by atoms with Crippen LogP contribution in [0.15, 0.2) is 0 Å². The Morgan fingerprint density at radius 2 is 1.53 bits per heavy atom. The topological polar surface area (TPSA) is 0 Å². The van der Waals surface area contributed by atoms with E-state index >= 15 is 0 Å². The van der Waals surface area contributed by atoms with Crippen molar-refractivity contribution in [2.45, 2.75) is 92.9 Å². The predicted molar refractivity (Wildman–Crippen MR) is 87.4 cm³/mol. The first kappa shape index (κ1) is 17.1. The van der Waals surface area contributed by atoms with Gasteiger partial charge in [0.25, 0.3) is 0 Å². The summed E-state index contributed by atoms with van der Waals surface area (Å²) in [5.41, 5.74) is 0.678. The van der Waals surface area contributed by atoms with Crippen LogP contribution in [0.4, 0.5) is 0 Å². The summed E-state index contributed by atoms with van der Waals surface area (Å²) in [5.74, 6) is 3.72. The molecule has 1 aliphatic rings. The molecule has 0 amide bonds. The van der Waals surface area contributed by atoms with Crippen molar-refractivity contribution < 1.29 is 0 Å². The lowest BCUT2D eigenvalue weighted by molar-refractivity contribution is 0.122. The first-order valence-corrected chi connectivity index (χ1v) is 8.92. The van der Waals surface area contributed by atoms with Crippen LogP contribution < -0.4 is 0 Å². The molecule has 0 aliphatic heterocycles. The van der Waals surface area contributed by atoms with Gasteiger partial charge in [0.05, 0.1) is 0 Å². The van der Waals surface area contributed by atoms with Crippen LogP contribution in [0, 0.1) is 29.1 Å². The maximum absolute atomic E-state index is 2.51. The molecule has 3 unspecified atom stereocenters. The van der Waals surface area contributed by atoms with Crippen LogP contribution in [0.1, 0.15) is 92.9 Å². The van der Waals surface area contributed by atoms with Crippen molar-refractivity contribution in [3.8, 4) is 0 Å². The summed E-state index contributed by atoms with van der Waals surface area (Å²) >= 11 is 0. The van der Waals surface area contributed by atoms with E-state index in [0.29, 0.717) is 5.41 Å². The fraction of sp³-hybridized carbons (Fsp3) is 1.00. The molecule has 0 radical (unpaired) electrons. The second-order valence-corrected chi connectivity index (χ2v) is 7.93. The summed E-state index contributed by atoms with van der Waals surface area (Å²) in [4.78, 5) is 0. The minimum atomic E-state index is 0.678. The van der Waals surface area contributed by atoms with E-state index < -0.39 is 0 Å². The van der Waals surface area contributed by atoms with E-state index in [-0.39, 0.29) is 0 Å². The Kier molecular flexibility index (Phi) is 6.91. The standard InChI is InChI=1S/C19H38/c1-7-19(17(5)12-13-18(19)6)14-8-9-16(4)11-10-15(2)3/h15-18H,7-14H2,1-6H3. The molecule has 0 nitrogen and oxygen atoms in total. The van der Waals surface area contributed by atoms with Crippen LogP contribution in [-0.2, 0) is 0 Å². The summed E-state index contributed by atoms with van der Waals surface area (Å²) in [7, 11) is 0. The third-order valence-corrected chi connectivity index (χ3v) is 6.23. The van der Waals surface area contributed by atoms with Crippen LogP contribution in [0.5, 0.6) is 0 Å². The Bertz CT molecular complexity index is 230. The summed E-state index contributed by atoms with van der Waals surface area (Å²) in [6, 6.07) is 0. The van der Waals surface area contributed by atoms with Gasteiger partial charge in [0.1, 0.15) is 0 Å². The summed E-state index contributed by atoms with van der Waals surface area (Å²) in [5, 5.41) is 0. The summed E-state index contributed by atoms with van der Waals surface area (Å²) < 4.78 is 0. The Hall–Kier alpha value is 0. The van der Waals surface area contributed by atoms with Crippen LogP contribution in [0.3, 0.4) is 0 Å². The highest BCUT2D eigenvalue weighted by Gasteiger charge is 2.43. The molecule has 1 aliphatic carbocycles. The Morgan fingerprint density at radius 3 is 2.00 bits per heavy atom. The van der Waals surface area contributed by atoms with E-state index in [9.17, 15) is 0 Å². The lowest BCUT2D eigenvalue weighted by Crippen LogP contribution is -2.29. The van der Waals surface area contributed by atoms with Crippen molar-refractivity contribution >= 4 is 0 Å². The van der Waals surface area contributed by atoms with E-state index in [1.165, 1.54) is 51.4 Å². The minimum Gasteiger partial charge on any atom is -0.0648 e. The highest BCUT2D eigenvalue weighted by atomic mass is 14.5. The zero-order valence-corrected chi connectivity index (χ0v) is 14.5. The van der Waals surface area contributed by atoms with Gasteiger partial charge in [-0.2, -0.15) is 0 Å². The average Bonchev–Trinajstić information content (AvgIpc) is 2.64. The van der Waals surface area contributed by atoms with Gasteiger partial charge in [0, 0.05) is 0 Å². The fourth-order valence-corrected chi connectivity index (χ4v) is 4.47. The second kappa shape index (κ2) is 7.70. The van der Waals surface area contributed by atoms with E-state index in [0.717, 1.165) is 23.7 Å². The van der Waals surface area contributed by atoms with Gasteiger partial charge in [-0.15, -0.1) is 0 Å². The molecule has 0 heteroatoms. The third-order valence-electron chi connectivity index (χ3n) is 6.23. The van der Waals surface area contributed by atoms with Gasteiger partial charge in [0.15, 0.2) is 0 Å². The lowest BCUT2D eigenvalue weighted by Gasteiger charge is -2.37. The summed E-state index contributed by atoms with van der Waals surface area (Å²) in [6.45, 7) is 14.6. The number of hydrogen-bond acceptors (Lipinski definition) is 0. The first-order valence-electron chi connectivity index (χ1n) is 8.92. The maximum atomic E-state index is 2.51. The van der Waals surface area contributed by atoms with E-state index in [2.05, 4.69) is 41.5 Å². The molecule has 0 spiro atoms. The van der Waals surface area contributed by atoms with Crippen LogP contribution >= 0.6 is 0 Å². The average molecular weight is 267 g/mol. The van der Waals surface area contributed by atoms with E-state index in [1.807, 2.05) is 0 Å². The molecule has 3 atom stereocenters. The molecule has 1 saturated carbocycles. The molecule has 19 heavy (non-hydrogen) atoms. The smallest absolute Gasteiger partial charge is 0.0249 e. The highest BCUT2D eigenvalue weighted by molar-refractivity contribution is 4.93. The molecule has 0 heterocycles. The largest absolute Gasteiger partial charge is 0.0648 e. The third kappa shape index (κ3) is 4.50. The minimum absolute atomic E-state index is 0.678. The molecule has 0 aromatic carbocycles. The van der Waals surface area contributed by atoms with Crippen molar-refractivity contribution in [2.75, 3.05) is 0 Å². The Morgan fingerprint density at radius 1 is 0.947 bits per heavy atom. The monoisotopic (exact) mass is 266 g/mol. The molecule has 0 aromatic rings. The van der Waals surface area contributed by atoms with Gasteiger partial charge in [-0.05, 0) is 54.8 Å². The lowest BCUT2D eigenvalue weighted by atomic mass is 9.68. The zero-order chi connectivity index (χ0) is 14.5. The number of rotatable bonds is 8. The Labute approximate surface area is 122 Å². The maximum Gasteiger partial charge on any atom is -0.0249 e. The van der Waals surface area contributed by atoms with Crippen molar-refractivity contribution in [3.05, 3.63) is 0 Å². The van der Waals surface area contributed by atoms with Gasteiger partial charge in [0.2, 0.25) is 0 Å². The molecule has 0 aromatic heterocycles. The molecule has 0 bridgehead atoms. The highest BCUT2D eigenvalue weighted by Crippen LogP contribution is 2.53. The molecule has 0 saturated heterocycles. The van der Waals surface area contributed by atoms with Crippen molar-refractivity contribution in [3.63, 3.8) is 0 Å². The second-order valence-electron chi connectivity index (χ2n) is 7.93. The zero-order valence-electron chi connectivity index (χ0n) is 14.5. The van der Waals surface area contributed by atoms with Gasteiger partial charge in [-0.3, -0.25) is 0 Å². The predicted octanol–water partition coefficient (Wildman–Crippen LogP) is 6.69. The molecular formula is C19H38. The van der Waals surface area contributed by atoms with E-state index in [4.69, 9.17) is 0 Å². The van der Waals surface area contributed by atoms with E-state index in [1.54, 1.807) is 0 Å². The SMILES string of the molecule is CCC1(CCCC(C)CCC(C)C)C(C)CCC1C. The van der Waals surface area contributed by atoms with Gasteiger partial charge < -0.3 is 0 Å². The van der Waals surface area contributed by atoms with Crippen LogP contribution in [0.25, 0.3) is 0 Å². The molecule has 0 N–H and O–H groups in total. The van der Waals surface area contributed by atoms with Gasteiger partial charge in [-0.25, -0.2) is 0 Å². The van der Waals surface area contributed by atoms with Crippen molar-refractivity contribution in [1.82, 2.24) is 0 Å². The van der Waals surface area contributed by atoms with Crippen molar-refractivity contribution in [1.29, 1.82) is 0 Å². The molecular weight excluding hydrogens is 228 g/mol.